The van der Waals surface area contributed by atoms with Crippen LogP contribution >= 0.6 is 0 Å². The predicted molar refractivity (Wildman–Crippen MR) is 104 cm³/mol. The van der Waals surface area contributed by atoms with Crippen LogP contribution in [0.1, 0.15) is 63.3 Å². The van der Waals surface area contributed by atoms with Crippen LogP contribution in [-0.4, -0.2) is 26.6 Å². The number of aromatic nitrogens is 2. The van der Waals surface area contributed by atoms with Crippen molar-refractivity contribution in [1.29, 1.82) is 0 Å². The standard InChI is InChI=1S/C21H27N3O4/c1-15-17(23-19(27-15)16-9-7-5-6-8-10-16)13-24(14-18-22-11-12-26-18)20(25)28-21(2,3)4/h5,7,9,11-12H,6,8,10,13-14H2,1-4H3. The van der Waals surface area contributed by atoms with Crippen molar-refractivity contribution in [3.63, 3.8) is 0 Å². The van der Waals surface area contributed by atoms with Crippen molar-refractivity contribution in [1.82, 2.24) is 14.9 Å². The summed E-state index contributed by atoms with van der Waals surface area (Å²) in [6.45, 7) is 7.79. The number of aryl methyl sites for hydroxylation is 1. The van der Waals surface area contributed by atoms with E-state index in [1.54, 1.807) is 6.20 Å². The van der Waals surface area contributed by atoms with Gasteiger partial charge in [0.1, 0.15) is 29.9 Å². The molecule has 1 aliphatic carbocycles. The van der Waals surface area contributed by atoms with Crippen LogP contribution in [0.3, 0.4) is 0 Å². The van der Waals surface area contributed by atoms with Gasteiger partial charge in [-0.2, -0.15) is 0 Å². The Morgan fingerprint density at radius 3 is 2.86 bits per heavy atom. The Balaban J connectivity index is 1.80. The summed E-state index contributed by atoms with van der Waals surface area (Å²) in [6.07, 6.45) is 11.8. The molecule has 0 saturated heterocycles. The van der Waals surface area contributed by atoms with Crippen LogP contribution in [0.5, 0.6) is 0 Å². The third-order valence-corrected chi connectivity index (χ3v) is 4.22. The van der Waals surface area contributed by atoms with Gasteiger partial charge in [0.15, 0.2) is 0 Å². The molecule has 0 atom stereocenters. The number of hydrogen-bond acceptors (Lipinski definition) is 6. The highest BCUT2D eigenvalue weighted by atomic mass is 16.6. The molecule has 150 valence electrons. The van der Waals surface area contributed by atoms with E-state index in [9.17, 15) is 4.79 Å². The molecule has 7 nitrogen and oxygen atoms in total. The minimum absolute atomic E-state index is 0.189. The van der Waals surface area contributed by atoms with Gasteiger partial charge in [0.2, 0.25) is 11.8 Å². The lowest BCUT2D eigenvalue weighted by Crippen LogP contribution is -2.36. The summed E-state index contributed by atoms with van der Waals surface area (Å²) < 4.78 is 16.7. The third kappa shape index (κ3) is 5.34. The van der Waals surface area contributed by atoms with Crippen molar-refractivity contribution in [2.45, 2.75) is 65.6 Å². The highest BCUT2D eigenvalue weighted by Gasteiger charge is 2.26. The Kier molecular flexibility index (Phi) is 6.02. The number of carbonyl (C=O) groups is 1. The molecule has 0 spiro atoms. The smallest absolute Gasteiger partial charge is 0.411 e. The quantitative estimate of drug-likeness (QED) is 0.718. The van der Waals surface area contributed by atoms with Gasteiger partial charge in [-0.1, -0.05) is 18.2 Å². The molecule has 0 aliphatic heterocycles. The number of carbonyl (C=O) groups excluding carboxylic acids is 1. The lowest BCUT2D eigenvalue weighted by molar-refractivity contribution is 0.0197. The van der Waals surface area contributed by atoms with Crippen molar-refractivity contribution in [2.75, 3.05) is 0 Å². The van der Waals surface area contributed by atoms with E-state index in [1.807, 2.05) is 39.8 Å². The Morgan fingerprint density at radius 2 is 2.14 bits per heavy atom. The van der Waals surface area contributed by atoms with Gasteiger partial charge in [-0.25, -0.2) is 14.8 Å². The van der Waals surface area contributed by atoms with Crippen LogP contribution in [0.25, 0.3) is 5.57 Å². The highest BCUT2D eigenvalue weighted by Crippen LogP contribution is 2.26. The largest absolute Gasteiger partial charge is 0.447 e. The van der Waals surface area contributed by atoms with E-state index in [2.05, 4.69) is 16.0 Å². The average Bonchev–Trinajstić information content (AvgIpc) is 3.15. The summed E-state index contributed by atoms with van der Waals surface area (Å²) in [6, 6.07) is 0. The first kappa shape index (κ1) is 19.9. The number of nitrogens with zero attached hydrogens (tertiary/aromatic N) is 3. The molecule has 0 fully saturated rings. The number of hydrogen-bond donors (Lipinski definition) is 0. The molecule has 0 saturated carbocycles. The van der Waals surface area contributed by atoms with Gasteiger partial charge in [0, 0.05) is 5.57 Å². The molecular weight excluding hydrogens is 358 g/mol. The topological polar surface area (TPSA) is 81.6 Å². The van der Waals surface area contributed by atoms with E-state index in [0.29, 0.717) is 23.2 Å². The Bertz CT molecular complexity index is 857. The zero-order chi connectivity index (χ0) is 20.1. The van der Waals surface area contributed by atoms with Crippen LogP contribution in [0, 0.1) is 6.92 Å². The summed E-state index contributed by atoms with van der Waals surface area (Å²) in [7, 11) is 0. The summed E-state index contributed by atoms with van der Waals surface area (Å²) in [5.41, 5.74) is 1.16. The van der Waals surface area contributed by atoms with Crippen LogP contribution in [0.15, 0.2) is 39.5 Å². The van der Waals surface area contributed by atoms with E-state index in [0.717, 1.165) is 24.8 Å². The Labute approximate surface area is 165 Å². The van der Waals surface area contributed by atoms with Gasteiger partial charge >= 0.3 is 6.09 Å². The van der Waals surface area contributed by atoms with E-state index < -0.39 is 11.7 Å². The minimum Gasteiger partial charge on any atom is -0.447 e. The summed E-state index contributed by atoms with van der Waals surface area (Å²) in [5, 5.41) is 0. The van der Waals surface area contributed by atoms with Gasteiger partial charge in [-0.3, -0.25) is 4.90 Å². The zero-order valence-corrected chi connectivity index (χ0v) is 16.9. The molecule has 0 bridgehead atoms. The molecule has 0 N–H and O–H groups in total. The van der Waals surface area contributed by atoms with E-state index >= 15 is 0 Å². The van der Waals surface area contributed by atoms with Crippen molar-refractivity contribution in [2.24, 2.45) is 0 Å². The maximum atomic E-state index is 12.7. The fourth-order valence-electron chi connectivity index (χ4n) is 2.85. The molecule has 2 heterocycles. The number of oxazole rings is 2. The van der Waals surface area contributed by atoms with Gasteiger partial charge in [-0.05, 0) is 47.0 Å². The first-order chi connectivity index (χ1) is 13.3. The molecule has 2 aromatic heterocycles. The van der Waals surface area contributed by atoms with Crippen LogP contribution < -0.4 is 0 Å². The van der Waals surface area contributed by atoms with Gasteiger partial charge in [-0.15, -0.1) is 0 Å². The van der Waals surface area contributed by atoms with Crippen LogP contribution in [0.2, 0.25) is 0 Å². The Morgan fingerprint density at radius 1 is 1.32 bits per heavy atom. The van der Waals surface area contributed by atoms with E-state index in [-0.39, 0.29) is 13.1 Å². The molecule has 1 aliphatic rings. The molecule has 0 unspecified atom stereocenters. The molecule has 0 aromatic carbocycles. The summed E-state index contributed by atoms with van der Waals surface area (Å²) in [4.78, 5) is 23.0. The van der Waals surface area contributed by atoms with Crippen LogP contribution in [0.4, 0.5) is 4.79 Å². The first-order valence-electron chi connectivity index (χ1n) is 9.50. The number of amides is 1. The van der Waals surface area contributed by atoms with Crippen LogP contribution in [-0.2, 0) is 17.8 Å². The highest BCUT2D eigenvalue weighted by molar-refractivity contribution is 5.68. The molecule has 1 amide bonds. The van der Waals surface area contributed by atoms with Crippen molar-refractivity contribution in [3.8, 4) is 0 Å². The lowest BCUT2D eigenvalue weighted by Gasteiger charge is -2.26. The maximum absolute atomic E-state index is 12.7. The molecule has 28 heavy (non-hydrogen) atoms. The monoisotopic (exact) mass is 385 g/mol. The van der Waals surface area contributed by atoms with Gasteiger partial charge < -0.3 is 13.6 Å². The molecule has 3 rings (SSSR count). The molecular formula is C21H27N3O4. The Hall–Kier alpha value is -2.83. The number of ether oxygens (including phenoxy) is 1. The lowest BCUT2D eigenvalue weighted by atomic mass is 10.1. The predicted octanol–water partition coefficient (Wildman–Crippen LogP) is 5.03. The van der Waals surface area contributed by atoms with Crippen molar-refractivity contribution in [3.05, 3.63) is 53.9 Å². The molecule has 7 heteroatoms. The minimum atomic E-state index is -0.604. The number of rotatable bonds is 5. The SMILES string of the molecule is Cc1oc(C2=CC=CCCC2)nc1CN(Cc1ncco1)C(=O)OC(C)(C)C. The van der Waals surface area contributed by atoms with Crippen molar-refractivity contribution < 1.29 is 18.4 Å². The second-order valence-corrected chi connectivity index (χ2v) is 7.80. The van der Waals surface area contributed by atoms with Crippen molar-refractivity contribution >= 4 is 11.7 Å². The average molecular weight is 385 g/mol. The summed E-state index contributed by atoms with van der Waals surface area (Å²) in [5.74, 6) is 1.73. The third-order valence-electron chi connectivity index (χ3n) is 4.22. The summed E-state index contributed by atoms with van der Waals surface area (Å²) >= 11 is 0. The fraction of sp³-hybridized carbons (Fsp3) is 0.476. The van der Waals surface area contributed by atoms with Gasteiger partial charge in [0.25, 0.3) is 0 Å². The zero-order valence-electron chi connectivity index (χ0n) is 16.9. The first-order valence-corrected chi connectivity index (χ1v) is 9.50. The van der Waals surface area contributed by atoms with E-state index in [1.165, 1.54) is 11.2 Å². The second-order valence-electron chi connectivity index (χ2n) is 7.80. The van der Waals surface area contributed by atoms with Gasteiger partial charge in [0.05, 0.1) is 12.7 Å². The number of allylic oxidation sites excluding steroid dienone is 4. The maximum Gasteiger partial charge on any atom is 0.411 e. The molecule has 2 aromatic rings. The fourth-order valence-corrected chi connectivity index (χ4v) is 2.85. The van der Waals surface area contributed by atoms with E-state index in [4.69, 9.17) is 13.6 Å². The molecule has 0 radical (unpaired) electrons. The second kappa shape index (κ2) is 8.46. The normalized spacial score (nSPS) is 14.5.